The van der Waals surface area contributed by atoms with E-state index in [0.717, 1.165) is 18.9 Å². The van der Waals surface area contributed by atoms with Gasteiger partial charge in [-0.05, 0) is 25.0 Å². The second-order valence-corrected chi connectivity index (χ2v) is 8.85. The van der Waals surface area contributed by atoms with Crippen molar-refractivity contribution >= 4 is 26.9 Å². The summed E-state index contributed by atoms with van der Waals surface area (Å²) in [5, 5.41) is 6.84. The molecular formula is C17H17F2NO6S. The number of phenols is 1. The number of aromatic hydroxyl groups is 1. The van der Waals surface area contributed by atoms with Gasteiger partial charge in [-0.15, -0.1) is 0 Å². The predicted molar refractivity (Wildman–Crippen MR) is 91.3 cm³/mol. The number of morpholine rings is 1. The quantitative estimate of drug-likeness (QED) is 0.455. The number of phenolic OH excluding ortho intramolecular Hbond substituents is 1. The standard InChI is InChI=1S/C17H17F2NO6S/c18-17(19)9-27(17,24)26-14-3-1-2-12(16(14)23)13(21)6-15(22)20-7-10-4-5-11(8-20)25-10/h1-3,9-11,23H,4-8H2. The van der Waals surface area contributed by atoms with Gasteiger partial charge in [0.05, 0.1) is 29.6 Å². The summed E-state index contributed by atoms with van der Waals surface area (Å²) in [6.07, 6.45) is 1.25. The second kappa shape index (κ2) is 6.16. The van der Waals surface area contributed by atoms with Gasteiger partial charge in [0.2, 0.25) is 5.91 Å². The fraction of sp³-hybridized carbons (Fsp3) is 0.471. The fourth-order valence-corrected chi connectivity index (χ4v) is 4.46. The molecule has 0 spiro atoms. The van der Waals surface area contributed by atoms with Crippen molar-refractivity contribution in [2.75, 3.05) is 13.1 Å². The minimum atomic E-state index is -3.98. The second-order valence-electron chi connectivity index (χ2n) is 6.82. The lowest BCUT2D eigenvalue weighted by Gasteiger charge is -2.32. The third kappa shape index (κ3) is 3.27. The summed E-state index contributed by atoms with van der Waals surface area (Å²) in [6.45, 7) is 0.843. The first-order chi connectivity index (χ1) is 12.7. The topological polar surface area (TPSA) is 93.1 Å². The Balaban J connectivity index is 1.46. The number of amides is 1. The Kier molecular flexibility index (Phi) is 4.15. The molecule has 3 atom stereocenters. The van der Waals surface area contributed by atoms with E-state index in [9.17, 15) is 27.7 Å². The maximum absolute atomic E-state index is 13.0. The number of carbonyl (C=O) groups excluding carboxylic acids is 2. The number of alkyl halides is 2. The minimum absolute atomic E-state index is 0.0133. The lowest BCUT2D eigenvalue weighted by atomic mass is 10.1. The van der Waals surface area contributed by atoms with Crippen LogP contribution in [0.15, 0.2) is 18.2 Å². The highest BCUT2D eigenvalue weighted by molar-refractivity contribution is 8.07. The molecule has 7 nitrogen and oxygen atoms in total. The zero-order chi connectivity index (χ0) is 19.4. The number of hydrogen-bond donors (Lipinski definition) is 1. The summed E-state index contributed by atoms with van der Waals surface area (Å²) in [6, 6.07) is 3.68. The van der Waals surface area contributed by atoms with Crippen molar-refractivity contribution in [3.63, 3.8) is 0 Å². The van der Waals surface area contributed by atoms with Crippen LogP contribution in [0.3, 0.4) is 0 Å². The van der Waals surface area contributed by atoms with Gasteiger partial charge in [0.1, 0.15) is 0 Å². The highest BCUT2D eigenvalue weighted by atomic mass is 32.2. The van der Waals surface area contributed by atoms with E-state index in [1.807, 2.05) is 0 Å². The van der Waals surface area contributed by atoms with Crippen molar-refractivity contribution in [3.05, 3.63) is 23.8 Å². The van der Waals surface area contributed by atoms with Gasteiger partial charge in [-0.25, -0.2) is 4.21 Å². The van der Waals surface area contributed by atoms with Gasteiger partial charge in [0.25, 0.3) is 0 Å². The van der Waals surface area contributed by atoms with Crippen molar-refractivity contribution in [2.45, 2.75) is 36.7 Å². The first-order valence-corrected chi connectivity index (χ1v) is 9.98. The van der Waals surface area contributed by atoms with Crippen LogP contribution in [0.1, 0.15) is 29.6 Å². The number of fused-ring (bicyclic) bond motifs is 2. The Hall–Kier alpha value is -2.20. The number of ether oxygens (including phenoxy) is 1. The van der Waals surface area contributed by atoms with Crippen LogP contribution in [0, 0.1) is 0 Å². The lowest BCUT2D eigenvalue weighted by molar-refractivity contribution is -0.138. The molecule has 3 unspecified atom stereocenters. The minimum Gasteiger partial charge on any atom is -0.504 e. The van der Waals surface area contributed by atoms with E-state index in [-0.39, 0.29) is 29.0 Å². The molecule has 3 aliphatic rings. The molecule has 27 heavy (non-hydrogen) atoms. The van der Waals surface area contributed by atoms with Gasteiger partial charge in [-0.3, -0.25) is 9.59 Å². The van der Waals surface area contributed by atoms with Gasteiger partial charge < -0.3 is 18.9 Å². The Bertz CT molecular complexity index is 927. The number of nitrogens with zero attached hydrogens (tertiary/aromatic N) is 1. The van der Waals surface area contributed by atoms with Gasteiger partial charge >= 0.3 is 5.25 Å². The van der Waals surface area contributed by atoms with Gasteiger partial charge in [0, 0.05) is 13.1 Å². The summed E-state index contributed by atoms with van der Waals surface area (Å²) in [5.41, 5.74) is -0.246. The third-order valence-corrected chi connectivity index (χ3v) is 6.49. The largest absolute Gasteiger partial charge is 0.504 e. The van der Waals surface area contributed by atoms with Crippen molar-refractivity contribution in [1.82, 2.24) is 4.90 Å². The van der Waals surface area contributed by atoms with Crippen LogP contribution in [0.4, 0.5) is 8.78 Å². The van der Waals surface area contributed by atoms with E-state index in [1.165, 1.54) is 12.1 Å². The van der Waals surface area contributed by atoms with E-state index in [0.29, 0.717) is 13.1 Å². The monoisotopic (exact) mass is 401 g/mol. The van der Waals surface area contributed by atoms with Crippen molar-refractivity contribution in [1.29, 1.82) is 0 Å². The summed E-state index contributed by atoms with van der Waals surface area (Å²) in [7, 11) is -3.98. The third-order valence-electron chi connectivity index (χ3n) is 4.84. The number of carbonyl (C=O) groups is 2. The van der Waals surface area contributed by atoms with E-state index >= 15 is 0 Å². The average molecular weight is 401 g/mol. The van der Waals surface area contributed by atoms with Crippen LogP contribution in [0.5, 0.6) is 11.5 Å². The van der Waals surface area contributed by atoms with E-state index in [4.69, 9.17) is 8.92 Å². The van der Waals surface area contributed by atoms with Crippen LogP contribution in [0.25, 0.3) is 0 Å². The Labute approximate surface area is 154 Å². The Morgan fingerprint density at radius 1 is 1.30 bits per heavy atom. The fourth-order valence-electron chi connectivity index (χ4n) is 3.35. The number of halogens is 2. The van der Waals surface area contributed by atoms with Gasteiger partial charge in [-0.1, -0.05) is 6.07 Å². The normalized spacial score (nSPS) is 30.5. The molecule has 3 heterocycles. The molecular weight excluding hydrogens is 384 g/mol. The number of Topliss-reactive ketones (excluding diaryl/α,β-unsaturated/α-hetero) is 1. The molecule has 2 bridgehead atoms. The van der Waals surface area contributed by atoms with Crippen LogP contribution in [-0.4, -0.2) is 61.8 Å². The summed E-state index contributed by atoms with van der Waals surface area (Å²) >= 11 is 0. The maximum atomic E-state index is 13.0. The molecule has 146 valence electrons. The van der Waals surface area contributed by atoms with Crippen molar-refractivity contribution < 1.29 is 36.6 Å². The summed E-state index contributed by atoms with van der Waals surface area (Å²) in [4.78, 5) is 26.4. The number of benzene rings is 1. The molecule has 4 rings (SSSR count). The SMILES string of the molecule is O=C(CC(=O)N1CC2CCC(C1)O2)c1cccc(OS2(=O)=CC2(F)F)c1O. The van der Waals surface area contributed by atoms with E-state index in [1.54, 1.807) is 4.90 Å². The zero-order valence-corrected chi connectivity index (χ0v) is 14.9. The van der Waals surface area contributed by atoms with Crippen molar-refractivity contribution in [2.24, 2.45) is 0 Å². The van der Waals surface area contributed by atoms with Crippen molar-refractivity contribution in [3.8, 4) is 11.5 Å². The molecule has 1 amide bonds. The molecule has 1 aromatic rings. The first kappa shape index (κ1) is 18.2. The predicted octanol–water partition coefficient (Wildman–Crippen LogP) is 1.34. The Morgan fingerprint density at radius 2 is 1.93 bits per heavy atom. The number of rotatable bonds is 5. The molecule has 0 aromatic heterocycles. The molecule has 10 heteroatoms. The number of hydrogen-bond acceptors (Lipinski definition) is 6. The summed E-state index contributed by atoms with van der Waals surface area (Å²) < 4.78 is 48.1. The van der Waals surface area contributed by atoms with Crippen LogP contribution in [0.2, 0.25) is 0 Å². The molecule has 1 aromatic carbocycles. The van der Waals surface area contributed by atoms with Gasteiger partial charge in [0.15, 0.2) is 27.1 Å². The zero-order valence-electron chi connectivity index (χ0n) is 14.1. The van der Waals surface area contributed by atoms with E-state index < -0.39 is 38.8 Å². The average Bonchev–Trinajstić information content (AvgIpc) is 2.91. The molecule has 0 saturated carbocycles. The highest BCUT2D eigenvalue weighted by Crippen LogP contribution is 2.40. The molecule has 0 aliphatic carbocycles. The van der Waals surface area contributed by atoms with Gasteiger partial charge in [-0.2, -0.15) is 8.78 Å². The molecule has 0 radical (unpaired) electrons. The molecule has 2 saturated heterocycles. The molecule has 2 fully saturated rings. The number of para-hydroxylation sites is 1. The van der Waals surface area contributed by atoms with Crippen LogP contribution in [-0.2, 0) is 19.3 Å². The maximum Gasteiger partial charge on any atom is 0.374 e. The van der Waals surface area contributed by atoms with E-state index in [2.05, 4.69) is 0 Å². The first-order valence-electron chi connectivity index (χ1n) is 8.44. The number of ketones is 1. The summed E-state index contributed by atoms with van der Waals surface area (Å²) in [5.74, 6) is -2.27. The molecule has 3 aliphatic heterocycles. The lowest BCUT2D eigenvalue weighted by Crippen LogP contribution is -2.46. The Morgan fingerprint density at radius 3 is 2.52 bits per heavy atom. The smallest absolute Gasteiger partial charge is 0.374 e. The molecule has 1 N–H and O–H groups in total. The van der Waals surface area contributed by atoms with Crippen LogP contribution < -0.4 is 4.18 Å². The highest BCUT2D eigenvalue weighted by Gasteiger charge is 2.57. The van der Waals surface area contributed by atoms with Crippen LogP contribution >= 0.6 is 0 Å². The number of likely N-dealkylation sites (tertiary alicyclic amines) is 1.